The van der Waals surface area contributed by atoms with Crippen molar-refractivity contribution in [2.75, 3.05) is 7.05 Å². The Balaban J connectivity index is 2.81. The third-order valence-electron chi connectivity index (χ3n) is 3.31. The maximum absolute atomic E-state index is 12.3. The molecule has 0 bridgehead atoms. The van der Waals surface area contributed by atoms with Gasteiger partial charge in [0.1, 0.15) is 0 Å². The molecule has 1 aromatic heterocycles. The molecule has 2 rings (SSSR count). The van der Waals surface area contributed by atoms with E-state index in [1.54, 1.807) is 18.4 Å². The summed E-state index contributed by atoms with van der Waals surface area (Å²) in [6, 6.07) is 0. The molecule has 2 heterocycles. The zero-order chi connectivity index (χ0) is 14.7. The zero-order valence-corrected chi connectivity index (χ0v) is 13.5. The van der Waals surface area contributed by atoms with Crippen molar-refractivity contribution in [1.82, 2.24) is 4.90 Å². The van der Waals surface area contributed by atoms with Crippen LogP contribution in [0.4, 0.5) is 0 Å². The van der Waals surface area contributed by atoms with Crippen LogP contribution < -0.4 is 0 Å². The first kappa shape index (κ1) is 14.3. The van der Waals surface area contributed by atoms with Crippen LogP contribution in [-0.2, 0) is 10.8 Å². The minimum absolute atomic E-state index is 0.126. The lowest BCUT2D eigenvalue weighted by Gasteiger charge is -2.20. The molecule has 0 aromatic carbocycles. The standard InChI is InChI=1S/C15H21NO2S/c1-14(2,3)10-8-9(11(19-10)15(4,5)6)13(18)16(7)12(8)17/h1-7H3. The molecule has 0 unspecified atom stereocenters. The molecule has 104 valence electrons. The molecule has 0 saturated heterocycles. The van der Waals surface area contributed by atoms with Gasteiger partial charge in [0, 0.05) is 16.8 Å². The predicted octanol–water partition coefficient (Wildman–Crippen LogP) is 3.57. The van der Waals surface area contributed by atoms with Crippen LogP contribution in [0.1, 0.15) is 72.0 Å². The van der Waals surface area contributed by atoms with Gasteiger partial charge in [0.25, 0.3) is 11.8 Å². The molecule has 0 atom stereocenters. The van der Waals surface area contributed by atoms with Gasteiger partial charge in [0.15, 0.2) is 0 Å². The first-order valence-corrected chi connectivity index (χ1v) is 7.28. The van der Waals surface area contributed by atoms with Crippen LogP contribution in [-0.4, -0.2) is 23.8 Å². The Morgan fingerprint density at radius 2 is 1.11 bits per heavy atom. The van der Waals surface area contributed by atoms with Crippen LogP contribution in [0.15, 0.2) is 0 Å². The van der Waals surface area contributed by atoms with Crippen molar-refractivity contribution in [2.45, 2.75) is 52.4 Å². The summed E-state index contributed by atoms with van der Waals surface area (Å²) < 4.78 is 0. The van der Waals surface area contributed by atoms with Crippen LogP contribution in [0.3, 0.4) is 0 Å². The monoisotopic (exact) mass is 279 g/mol. The minimum atomic E-state index is -0.156. The molecule has 0 aliphatic carbocycles. The lowest BCUT2D eigenvalue weighted by atomic mass is 9.87. The van der Waals surface area contributed by atoms with Crippen molar-refractivity contribution in [3.8, 4) is 0 Å². The van der Waals surface area contributed by atoms with E-state index < -0.39 is 0 Å². The molecular weight excluding hydrogens is 258 g/mol. The second kappa shape index (κ2) is 3.92. The minimum Gasteiger partial charge on any atom is -0.277 e. The van der Waals surface area contributed by atoms with Gasteiger partial charge < -0.3 is 0 Å². The van der Waals surface area contributed by atoms with E-state index >= 15 is 0 Å². The van der Waals surface area contributed by atoms with Crippen molar-refractivity contribution in [3.05, 3.63) is 20.9 Å². The van der Waals surface area contributed by atoms with Gasteiger partial charge in [-0.25, -0.2) is 0 Å². The molecule has 1 aromatic rings. The number of rotatable bonds is 0. The Morgan fingerprint density at radius 3 is 1.37 bits per heavy atom. The quantitative estimate of drug-likeness (QED) is 0.681. The Morgan fingerprint density at radius 1 is 0.789 bits per heavy atom. The number of hydrogen-bond donors (Lipinski definition) is 0. The van der Waals surface area contributed by atoms with Gasteiger partial charge in [-0.3, -0.25) is 14.5 Å². The molecule has 0 radical (unpaired) electrons. The molecule has 0 saturated carbocycles. The van der Waals surface area contributed by atoms with Gasteiger partial charge in [-0.15, -0.1) is 11.3 Å². The summed E-state index contributed by atoms with van der Waals surface area (Å²) >= 11 is 1.62. The first-order chi connectivity index (χ1) is 8.46. The largest absolute Gasteiger partial charge is 0.277 e. The summed E-state index contributed by atoms with van der Waals surface area (Å²) in [5.41, 5.74) is 1.02. The number of fused-ring (bicyclic) bond motifs is 1. The molecule has 1 aliphatic rings. The number of thiophene rings is 1. The highest BCUT2D eigenvalue weighted by atomic mass is 32.1. The van der Waals surface area contributed by atoms with Crippen molar-refractivity contribution in [1.29, 1.82) is 0 Å². The second-order valence-electron chi connectivity index (χ2n) is 7.18. The summed E-state index contributed by atoms with van der Waals surface area (Å²) in [6.07, 6.45) is 0. The number of amides is 2. The lowest BCUT2D eigenvalue weighted by molar-refractivity contribution is 0.0691. The van der Waals surface area contributed by atoms with Crippen molar-refractivity contribution >= 4 is 23.2 Å². The van der Waals surface area contributed by atoms with E-state index in [-0.39, 0.29) is 22.6 Å². The maximum Gasteiger partial charge on any atom is 0.262 e. The van der Waals surface area contributed by atoms with Gasteiger partial charge in [0.05, 0.1) is 11.1 Å². The molecule has 19 heavy (non-hydrogen) atoms. The fourth-order valence-electron chi connectivity index (χ4n) is 2.32. The molecule has 1 aliphatic heterocycles. The number of carbonyl (C=O) groups is 2. The van der Waals surface area contributed by atoms with Gasteiger partial charge in [-0.1, -0.05) is 41.5 Å². The zero-order valence-electron chi connectivity index (χ0n) is 12.7. The Bertz CT molecular complexity index is 522. The van der Waals surface area contributed by atoms with E-state index in [0.717, 1.165) is 9.75 Å². The maximum atomic E-state index is 12.3. The summed E-state index contributed by atoms with van der Waals surface area (Å²) in [6.45, 7) is 12.5. The normalized spacial score (nSPS) is 16.3. The molecule has 0 spiro atoms. The van der Waals surface area contributed by atoms with Crippen LogP contribution in [0.2, 0.25) is 0 Å². The molecule has 0 N–H and O–H groups in total. The molecule has 4 heteroatoms. The van der Waals surface area contributed by atoms with E-state index in [9.17, 15) is 9.59 Å². The van der Waals surface area contributed by atoms with Crippen LogP contribution in [0.5, 0.6) is 0 Å². The Hall–Kier alpha value is -1.16. The van der Waals surface area contributed by atoms with Crippen LogP contribution in [0.25, 0.3) is 0 Å². The number of imide groups is 1. The summed E-state index contributed by atoms with van der Waals surface area (Å²) in [5.74, 6) is -0.312. The third kappa shape index (κ3) is 2.02. The van der Waals surface area contributed by atoms with E-state index in [4.69, 9.17) is 0 Å². The van der Waals surface area contributed by atoms with E-state index in [1.165, 1.54) is 4.90 Å². The highest BCUT2D eigenvalue weighted by Crippen LogP contribution is 2.45. The number of carbonyl (C=O) groups excluding carboxylic acids is 2. The molecule has 3 nitrogen and oxygen atoms in total. The average Bonchev–Trinajstić information content (AvgIpc) is 2.72. The van der Waals surface area contributed by atoms with Crippen LogP contribution >= 0.6 is 11.3 Å². The highest BCUT2D eigenvalue weighted by molar-refractivity contribution is 7.13. The molecule has 2 amide bonds. The summed E-state index contributed by atoms with van der Waals surface area (Å²) in [4.78, 5) is 27.9. The first-order valence-electron chi connectivity index (χ1n) is 6.46. The SMILES string of the molecule is CN1C(=O)c2c(C(C)(C)C)sc(C(C)(C)C)c2C1=O. The highest BCUT2D eigenvalue weighted by Gasteiger charge is 2.43. The van der Waals surface area contributed by atoms with Gasteiger partial charge in [-0.2, -0.15) is 0 Å². The molecular formula is C15H21NO2S. The van der Waals surface area contributed by atoms with Crippen molar-refractivity contribution in [2.24, 2.45) is 0 Å². The van der Waals surface area contributed by atoms with Gasteiger partial charge in [0.2, 0.25) is 0 Å². The van der Waals surface area contributed by atoms with Gasteiger partial charge in [-0.05, 0) is 10.8 Å². The smallest absolute Gasteiger partial charge is 0.262 e. The fourth-order valence-corrected chi connectivity index (χ4v) is 3.72. The summed E-state index contributed by atoms with van der Waals surface area (Å²) in [5, 5.41) is 0. The van der Waals surface area contributed by atoms with Gasteiger partial charge >= 0.3 is 0 Å². The topological polar surface area (TPSA) is 37.4 Å². The number of nitrogens with zero attached hydrogens (tertiary/aromatic N) is 1. The Labute approximate surface area is 118 Å². The van der Waals surface area contributed by atoms with E-state index in [1.807, 2.05) is 0 Å². The number of hydrogen-bond acceptors (Lipinski definition) is 3. The van der Waals surface area contributed by atoms with Crippen molar-refractivity contribution in [3.63, 3.8) is 0 Å². The van der Waals surface area contributed by atoms with E-state index in [2.05, 4.69) is 41.5 Å². The van der Waals surface area contributed by atoms with E-state index in [0.29, 0.717) is 11.1 Å². The Kier molecular flexibility index (Phi) is 2.94. The lowest BCUT2D eigenvalue weighted by Crippen LogP contribution is -2.26. The predicted molar refractivity (Wildman–Crippen MR) is 78.1 cm³/mol. The van der Waals surface area contributed by atoms with Crippen LogP contribution in [0, 0.1) is 0 Å². The second-order valence-corrected chi connectivity index (χ2v) is 8.20. The van der Waals surface area contributed by atoms with Crippen molar-refractivity contribution < 1.29 is 9.59 Å². The molecule has 0 fully saturated rings. The average molecular weight is 279 g/mol. The third-order valence-corrected chi connectivity index (χ3v) is 5.35. The fraction of sp³-hybridized carbons (Fsp3) is 0.600. The summed E-state index contributed by atoms with van der Waals surface area (Å²) in [7, 11) is 1.56.